The number of ether oxygens (including phenoxy) is 1. The lowest BCUT2D eigenvalue weighted by atomic mass is 10.1. The Morgan fingerprint density at radius 1 is 1.48 bits per heavy atom. The first-order valence-electron chi connectivity index (χ1n) is 6.85. The predicted molar refractivity (Wildman–Crippen MR) is 78.8 cm³/mol. The molecule has 0 radical (unpaired) electrons. The molecule has 106 valence electrons. The van der Waals surface area contributed by atoms with Gasteiger partial charge in [-0.3, -0.25) is 4.79 Å². The summed E-state index contributed by atoms with van der Waals surface area (Å²) < 4.78 is 4.79. The fraction of sp³-hybridized carbons (Fsp3) is 0.312. The molecule has 1 aromatic carbocycles. The van der Waals surface area contributed by atoms with E-state index in [0.717, 1.165) is 17.3 Å². The van der Waals surface area contributed by atoms with Crippen LogP contribution >= 0.6 is 0 Å². The summed E-state index contributed by atoms with van der Waals surface area (Å²) in [5.74, 6) is 0.314. The Kier molecular flexibility index (Phi) is 3.44. The number of anilines is 1. The molecule has 3 rings (SSSR count). The Bertz CT molecular complexity index is 736. The highest BCUT2D eigenvalue weighted by Crippen LogP contribution is 2.28. The summed E-state index contributed by atoms with van der Waals surface area (Å²) in [7, 11) is 1.40. The molecular formula is C16H15N3O2. The molecular weight excluding hydrogens is 266 g/mol. The quantitative estimate of drug-likeness (QED) is 0.789. The first-order chi connectivity index (χ1) is 10.2. The topological polar surface area (TPSA) is 66.2 Å². The summed E-state index contributed by atoms with van der Waals surface area (Å²) >= 11 is 0. The maximum atomic E-state index is 11.6. The molecule has 1 fully saturated rings. The van der Waals surface area contributed by atoms with Crippen LogP contribution in [0, 0.1) is 17.2 Å². The van der Waals surface area contributed by atoms with Crippen LogP contribution in [0.4, 0.5) is 5.82 Å². The number of hydrogen-bond donors (Lipinski definition) is 0. The van der Waals surface area contributed by atoms with E-state index in [-0.39, 0.29) is 11.9 Å². The Morgan fingerprint density at radius 2 is 2.29 bits per heavy atom. The van der Waals surface area contributed by atoms with E-state index in [1.807, 2.05) is 35.2 Å². The molecule has 5 nitrogen and oxygen atoms in total. The van der Waals surface area contributed by atoms with Gasteiger partial charge < -0.3 is 9.64 Å². The molecule has 0 saturated carbocycles. The van der Waals surface area contributed by atoms with Crippen LogP contribution in [0.2, 0.25) is 0 Å². The lowest BCUT2D eigenvalue weighted by Crippen LogP contribution is -2.25. The van der Waals surface area contributed by atoms with Crippen LogP contribution in [-0.4, -0.2) is 31.2 Å². The number of pyridine rings is 1. The fourth-order valence-electron chi connectivity index (χ4n) is 2.74. The van der Waals surface area contributed by atoms with Crippen molar-refractivity contribution < 1.29 is 9.53 Å². The van der Waals surface area contributed by atoms with Gasteiger partial charge in [0.05, 0.1) is 24.1 Å². The van der Waals surface area contributed by atoms with Crippen molar-refractivity contribution in [3.63, 3.8) is 0 Å². The second-order valence-corrected chi connectivity index (χ2v) is 5.12. The third-order valence-electron chi connectivity index (χ3n) is 3.85. The van der Waals surface area contributed by atoms with Crippen LogP contribution in [0.25, 0.3) is 10.9 Å². The maximum absolute atomic E-state index is 11.6. The molecule has 0 spiro atoms. The molecule has 1 aliphatic rings. The highest BCUT2D eigenvalue weighted by Gasteiger charge is 2.31. The lowest BCUT2D eigenvalue weighted by molar-refractivity contribution is -0.144. The SMILES string of the molecule is COC(=O)C1CCN(c2nc3ccccc3cc2C#N)C1. The van der Waals surface area contributed by atoms with Crippen molar-refractivity contribution in [1.82, 2.24) is 4.98 Å². The number of nitrogens with zero attached hydrogens (tertiary/aromatic N) is 3. The van der Waals surface area contributed by atoms with E-state index in [4.69, 9.17) is 4.74 Å². The molecule has 0 amide bonds. The molecule has 5 heteroatoms. The molecule has 2 heterocycles. The number of methoxy groups -OCH3 is 1. The van der Waals surface area contributed by atoms with Gasteiger partial charge >= 0.3 is 5.97 Å². The zero-order valence-corrected chi connectivity index (χ0v) is 11.7. The molecule has 1 saturated heterocycles. The van der Waals surface area contributed by atoms with Crippen LogP contribution in [0.15, 0.2) is 30.3 Å². The second kappa shape index (κ2) is 5.41. The van der Waals surface area contributed by atoms with Gasteiger partial charge in [0, 0.05) is 18.5 Å². The summed E-state index contributed by atoms with van der Waals surface area (Å²) in [6.07, 6.45) is 0.728. The summed E-state index contributed by atoms with van der Waals surface area (Å²) in [4.78, 5) is 18.2. The molecule has 1 aromatic heterocycles. The van der Waals surface area contributed by atoms with E-state index >= 15 is 0 Å². The third-order valence-corrected chi connectivity index (χ3v) is 3.85. The van der Waals surface area contributed by atoms with Gasteiger partial charge in [-0.05, 0) is 18.6 Å². The second-order valence-electron chi connectivity index (χ2n) is 5.12. The summed E-state index contributed by atoms with van der Waals surface area (Å²) in [5.41, 5.74) is 1.40. The standard InChI is InChI=1S/C16H15N3O2/c1-21-16(20)12-6-7-19(10-12)15-13(9-17)8-11-4-2-3-5-14(11)18-15/h2-5,8,12H,6-7,10H2,1H3. The zero-order chi connectivity index (χ0) is 14.8. The minimum atomic E-state index is -0.197. The minimum Gasteiger partial charge on any atom is -0.469 e. The minimum absolute atomic E-state index is 0.144. The monoisotopic (exact) mass is 281 g/mol. The Labute approximate surface area is 122 Å². The number of esters is 1. The number of benzene rings is 1. The number of para-hydroxylation sites is 1. The first-order valence-corrected chi connectivity index (χ1v) is 6.85. The van der Waals surface area contributed by atoms with Gasteiger partial charge in [-0.2, -0.15) is 5.26 Å². The van der Waals surface area contributed by atoms with Gasteiger partial charge in [0.2, 0.25) is 0 Å². The van der Waals surface area contributed by atoms with Gasteiger partial charge in [0.15, 0.2) is 0 Å². The van der Waals surface area contributed by atoms with E-state index in [1.54, 1.807) is 0 Å². The zero-order valence-electron chi connectivity index (χ0n) is 11.7. The molecule has 0 aliphatic carbocycles. The molecule has 2 aromatic rings. The maximum Gasteiger partial charge on any atom is 0.310 e. The number of carbonyl (C=O) groups excluding carboxylic acids is 1. The number of rotatable bonds is 2. The highest BCUT2D eigenvalue weighted by molar-refractivity contribution is 5.83. The Balaban J connectivity index is 1.97. The molecule has 21 heavy (non-hydrogen) atoms. The van der Waals surface area contributed by atoms with E-state index in [9.17, 15) is 10.1 Å². The molecule has 1 atom stereocenters. The van der Waals surface area contributed by atoms with E-state index in [0.29, 0.717) is 24.5 Å². The van der Waals surface area contributed by atoms with Gasteiger partial charge in [-0.1, -0.05) is 18.2 Å². The Morgan fingerprint density at radius 3 is 3.05 bits per heavy atom. The molecule has 1 unspecified atom stereocenters. The van der Waals surface area contributed by atoms with Crippen molar-refractivity contribution in [3.8, 4) is 6.07 Å². The number of nitriles is 1. The number of carbonyl (C=O) groups is 1. The van der Waals surface area contributed by atoms with Crippen molar-refractivity contribution in [2.45, 2.75) is 6.42 Å². The van der Waals surface area contributed by atoms with Crippen LogP contribution in [0.5, 0.6) is 0 Å². The van der Waals surface area contributed by atoms with Crippen LogP contribution in [0.1, 0.15) is 12.0 Å². The average molecular weight is 281 g/mol. The van der Waals surface area contributed by atoms with E-state index in [1.165, 1.54) is 7.11 Å². The van der Waals surface area contributed by atoms with Crippen molar-refractivity contribution in [1.29, 1.82) is 5.26 Å². The number of hydrogen-bond acceptors (Lipinski definition) is 5. The average Bonchev–Trinajstić information content (AvgIpc) is 3.02. The summed E-state index contributed by atoms with van der Waals surface area (Å²) in [5, 5.41) is 10.3. The Hall–Kier alpha value is -2.61. The van der Waals surface area contributed by atoms with Crippen LogP contribution in [0.3, 0.4) is 0 Å². The van der Waals surface area contributed by atoms with E-state index < -0.39 is 0 Å². The third kappa shape index (κ3) is 2.40. The molecule has 0 bridgehead atoms. The van der Waals surface area contributed by atoms with Crippen molar-refractivity contribution in [2.24, 2.45) is 5.92 Å². The van der Waals surface area contributed by atoms with Gasteiger partial charge in [-0.15, -0.1) is 0 Å². The summed E-state index contributed by atoms with van der Waals surface area (Å²) in [6.45, 7) is 1.26. The first kappa shape index (κ1) is 13.4. The van der Waals surface area contributed by atoms with Crippen LogP contribution in [-0.2, 0) is 9.53 Å². The normalized spacial score (nSPS) is 17.7. The van der Waals surface area contributed by atoms with Gasteiger partial charge in [0.1, 0.15) is 11.9 Å². The number of aromatic nitrogens is 1. The lowest BCUT2D eigenvalue weighted by Gasteiger charge is -2.19. The van der Waals surface area contributed by atoms with Gasteiger partial charge in [0.25, 0.3) is 0 Å². The largest absolute Gasteiger partial charge is 0.469 e. The fourth-order valence-corrected chi connectivity index (χ4v) is 2.74. The van der Waals surface area contributed by atoms with Crippen molar-refractivity contribution in [2.75, 3.05) is 25.1 Å². The number of fused-ring (bicyclic) bond motifs is 1. The smallest absolute Gasteiger partial charge is 0.310 e. The van der Waals surface area contributed by atoms with Gasteiger partial charge in [-0.25, -0.2) is 4.98 Å². The van der Waals surface area contributed by atoms with Crippen molar-refractivity contribution in [3.05, 3.63) is 35.9 Å². The summed E-state index contributed by atoms with van der Waals surface area (Å²) in [6, 6.07) is 11.8. The molecule has 1 aliphatic heterocycles. The highest BCUT2D eigenvalue weighted by atomic mass is 16.5. The van der Waals surface area contributed by atoms with Crippen molar-refractivity contribution >= 4 is 22.7 Å². The van der Waals surface area contributed by atoms with Crippen LogP contribution < -0.4 is 4.90 Å². The van der Waals surface area contributed by atoms with E-state index in [2.05, 4.69) is 11.1 Å². The predicted octanol–water partition coefficient (Wildman–Crippen LogP) is 2.11. The molecule has 0 N–H and O–H groups in total.